The van der Waals surface area contributed by atoms with Gasteiger partial charge in [-0.2, -0.15) is 0 Å². The van der Waals surface area contributed by atoms with Gasteiger partial charge in [-0.15, -0.1) is 0 Å². The molecule has 0 fully saturated rings. The van der Waals surface area contributed by atoms with Crippen LogP contribution < -0.4 is 10.9 Å². The fraction of sp³-hybridized carbons (Fsp3) is 0.0667. The smallest absolute Gasteiger partial charge is 0.337 e. The summed E-state index contributed by atoms with van der Waals surface area (Å²) in [6, 6.07) is 13.1. The molecule has 6 heteroatoms. The number of rotatable bonds is 4. The third-order valence-corrected chi connectivity index (χ3v) is 2.95. The Labute approximate surface area is 126 Å². The minimum Gasteiger partial charge on any atom is -0.465 e. The third kappa shape index (κ3) is 3.97. The average Bonchev–Trinajstić information content (AvgIpc) is 2.52. The van der Waals surface area contributed by atoms with E-state index in [-0.39, 0.29) is 5.91 Å². The average molecular weight is 305 g/mol. The molecule has 2 rings (SSSR count). The number of carbonyl (C=O) groups excluding carboxylic acids is 2. The molecule has 0 radical (unpaired) electrons. The van der Waals surface area contributed by atoms with Gasteiger partial charge in [0, 0.05) is 10.6 Å². The summed E-state index contributed by atoms with van der Waals surface area (Å²) in [4.78, 5) is 23.2. The van der Waals surface area contributed by atoms with E-state index in [1.54, 1.807) is 36.4 Å². The standard InChI is InChI=1S/C15H13ClN2O3/c1-21-15(20)11-7-5-10(6-8-11)14(19)18-17-13-4-2-3-12(16)9-13/h2-9,17H,1H3,(H,18,19). The van der Waals surface area contributed by atoms with Crippen molar-refractivity contribution in [2.75, 3.05) is 12.5 Å². The highest BCUT2D eigenvalue weighted by atomic mass is 35.5. The molecule has 0 aromatic heterocycles. The van der Waals surface area contributed by atoms with Crippen LogP contribution in [0.3, 0.4) is 0 Å². The quantitative estimate of drug-likeness (QED) is 0.673. The fourth-order valence-electron chi connectivity index (χ4n) is 1.64. The van der Waals surface area contributed by atoms with E-state index in [1.165, 1.54) is 19.2 Å². The molecule has 0 spiro atoms. The van der Waals surface area contributed by atoms with E-state index in [9.17, 15) is 9.59 Å². The summed E-state index contributed by atoms with van der Waals surface area (Å²) in [6.07, 6.45) is 0. The number of amides is 1. The number of ether oxygens (including phenoxy) is 1. The van der Waals surface area contributed by atoms with E-state index in [4.69, 9.17) is 11.6 Å². The van der Waals surface area contributed by atoms with Gasteiger partial charge in [0.15, 0.2) is 0 Å². The molecule has 0 aliphatic carbocycles. The predicted molar refractivity (Wildman–Crippen MR) is 80.3 cm³/mol. The van der Waals surface area contributed by atoms with Crippen LogP contribution in [-0.4, -0.2) is 19.0 Å². The molecule has 5 nitrogen and oxygen atoms in total. The SMILES string of the molecule is COC(=O)c1ccc(C(=O)NNc2cccc(Cl)c2)cc1. The Balaban J connectivity index is 1.99. The first kappa shape index (κ1) is 14.9. The highest BCUT2D eigenvalue weighted by Gasteiger charge is 2.08. The maximum absolute atomic E-state index is 11.9. The summed E-state index contributed by atoms with van der Waals surface area (Å²) in [5.41, 5.74) is 6.77. The normalized spacial score (nSPS) is 9.81. The van der Waals surface area contributed by atoms with Gasteiger partial charge in [0.1, 0.15) is 0 Å². The van der Waals surface area contributed by atoms with Crippen molar-refractivity contribution in [3.8, 4) is 0 Å². The van der Waals surface area contributed by atoms with Crippen molar-refractivity contribution < 1.29 is 14.3 Å². The van der Waals surface area contributed by atoms with Gasteiger partial charge >= 0.3 is 5.97 Å². The number of carbonyl (C=O) groups is 2. The second-order valence-electron chi connectivity index (χ2n) is 4.16. The van der Waals surface area contributed by atoms with Crippen molar-refractivity contribution in [1.82, 2.24) is 5.43 Å². The molecule has 0 unspecified atom stereocenters. The zero-order chi connectivity index (χ0) is 15.2. The maximum Gasteiger partial charge on any atom is 0.337 e. The molecule has 1 amide bonds. The second-order valence-corrected chi connectivity index (χ2v) is 4.59. The number of anilines is 1. The number of esters is 1. The number of methoxy groups -OCH3 is 1. The van der Waals surface area contributed by atoms with Gasteiger partial charge in [-0.3, -0.25) is 15.6 Å². The first-order valence-corrected chi connectivity index (χ1v) is 6.48. The monoisotopic (exact) mass is 304 g/mol. The van der Waals surface area contributed by atoms with Gasteiger partial charge < -0.3 is 4.74 Å². The zero-order valence-corrected chi connectivity index (χ0v) is 12.0. The number of hydrogen-bond acceptors (Lipinski definition) is 4. The van der Waals surface area contributed by atoms with Gasteiger partial charge in [-0.1, -0.05) is 17.7 Å². The van der Waals surface area contributed by atoms with Crippen LogP contribution in [0, 0.1) is 0 Å². The van der Waals surface area contributed by atoms with Crippen molar-refractivity contribution in [2.24, 2.45) is 0 Å². The zero-order valence-electron chi connectivity index (χ0n) is 11.2. The molecule has 0 bridgehead atoms. The first-order chi connectivity index (χ1) is 10.1. The van der Waals surface area contributed by atoms with Crippen molar-refractivity contribution in [3.05, 3.63) is 64.7 Å². The van der Waals surface area contributed by atoms with Crippen molar-refractivity contribution >= 4 is 29.2 Å². The summed E-state index contributed by atoms with van der Waals surface area (Å²) >= 11 is 5.84. The summed E-state index contributed by atoms with van der Waals surface area (Å²) in [5, 5.41) is 0.566. The summed E-state index contributed by atoms with van der Waals surface area (Å²) in [6.45, 7) is 0. The van der Waals surface area contributed by atoms with Crippen LogP contribution >= 0.6 is 11.6 Å². The Morgan fingerprint density at radius 2 is 1.71 bits per heavy atom. The van der Waals surface area contributed by atoms with E-state index in [0.717, 1.165) is 0 Å². The number of hydrogen-bond donors (Lipinski definition) is 2. The summed E-state index contributed by atoms with van der Waals surface area (Å²) in [7, 11) is 1.30. The van der Waals surface area contributed by atoms with Gasteiger partial charge in [-0.05, 0) is 42.5 Å². The highest BCUT2D eigenvalue weighted by Crippen LogP contribution is 2.14. The molecule has 0 atom stereocenters. The number of benzene rings is 2. The Hall–Kier alpha value is -2.53. The summed E-state index contributed by atoms with van der Waals surface area (Å²) in [5.74, 6) is -0.773. The van der Waals surface area contributed by atoms with Gasteiger partial charge in [-0.25, -0.2) is 4.79 Å². The first-order valence-electron chi connectivity index (χ1n) is 6.10. The molecule has 2 aromatic carbocycles. The topological polar surface area (TPSA) is 67.4 Å². The third-order valence-electron chi connectivity index (χ3n) is 2.71. The lowest BCUT2D eigenvalue weighted by molar-refractivity contribution is 0.0600. The number of halogens is 1. The molecule has 2 N–H and O–H groups in total. The van der Waals surface area contributed by atoms with Gasteiger partial charge in [0.05, 0.1) is 18.4 Å². The fourth-order valence-corrected chi connectivity index (χ4v) is 1.83. The van der Waals surface area contributed by atoms with E-state index >= 15 is 0 Å². The highest BCUT2D eigenvalue weighted by molar-refractivity contribution is 6.30. The predicted octanol–water partition coefficient (Wildman–Crippen LogP) is 2.88. The van der Waals surface area contributed by atoms with Crippen molar-refractivity contribution in [2.45, 2.75) is 0 Å². The van der Waals surface area contributed by atoms with Crippen LogP contribution in [-0.2, 0) is 4.74 Å². The van der Waals surface area contributed by atoms with Crippen LogP contribution in [0.25, 0.3) is 0 Å². The van der Waals surface area contributed by atoms with Crippen LogP contribution in [0.5, 0.6) is 0 Å². The van der Waals surface area contributed by atoms with Gasteiger partial charge in [0.2, 0.25) is 0 Å². The van der Waals surface area contributed by atoms with Crippen molar-refractivity contribution in [1.29, 1.82) is 0 Å². The molecular weight excluding hydrogens is 292 g/mol. The molecule has 0 saturated heterocycles. The molecule has 0 heterocycles. The molecule has 0 saturated carbocycles. The molecule has 2 aromatic rings. The van der Waals surface area contributed by atoms with Crippen LogP contribution in [0.15, 0.2) is 48.5 Å². The maximum atomic E-state index is 11.9. The lowest BCUT2D eigenvalue weighted by atomic mass is 10.1. The van der Waals surface area contributed by atoms with E-state index < -0.39 is 5.97 Å². The largest absolute Gasteiger partial charge is 0.465 e. The molecular formula is C15H13ClN2O3. The Bertz CT molecular complexity index is 656. The van der Waals surface area contributed by atoms with E-state index in [2.05, 4.69) is 15.6 Å². The second kappa shape index (κ2) is 6.76. The molecule has 108 valence electrons. The van der Waals surface area contributed by atoms with Crippen molar-refractivity contribution in [3.63, 3.8) is 0 Å². The Morgan fingerprint density at radius 1 is 1.05 bits per heavy atom. The molecule has 0 aliphatic heterocycles. The number of nitrogens with one attached hydrogen (secondary N) is 2. The van der Waals surface area contributed by atoms with E-state index in [1.807, 2.05) is 0 Å². The lowest BCUT2D eigenvalue weighted by Gasteiger charge is -2.09. The minimum atomic E-state index is -0.445. The van der Waals surface area contributed by atoms with Crippen LogP contribution in [0.4, 0.5) is 5.69 Å². The Kier molecular flexibility index (Phi) is 4.79. The minimum absolute atomic E-state index is 0.327. The number of hydrazine groups is 1. The summed E-state index contributed by atoms with van der Waals surface area (Å²) < 4.78 is 4.59. The van der Waals surface area contributed by atoms with Crippen LogP contribution in [0.1, 0.15) is 20.7 Å². The van der Waals surface area contributed by atoms with Crippen LogP contribution in [0.2, 0.25) is 5.02 Å². The lowest BCUT2D eigenvalue weighted by Crippen LogP contribution is -2.29. The van der Waals surface area contributed by atoms with E-state index in [0.29, 0.717) is 21.8 Å². The van der Waals surface area contributed by atoms with Gasteiger partial charge in [0.25, 0.3) is 5.91 Å². The molecule has 21 heavy (non-hydrogen) atoms. The Morgan fingerprint density at radius 3 is 2.33 bits per heavy atom. The molecule has 0 aliphatic rings.